The first-order chi connectivity index (χ1) is 8.92. The van der Waals surface area contributed by atoms with Gasteiger partial charge < -0.3 is 5.11 Å². The maximum atomic E-state index is 12.2. The summed E-state index contributed by atoms with van der Waals surface area (Å²) in [6.45, 7) is 1.97. The molecule has 0 radical (unpaired) electrons. The summed E-state index contributed by atoms with van der Waals surface area (Å²) in [5.74, 6) is -0.112. The second-order valence-corrected chi connectivity index (χ2v) is 7.83. The van der Waals surface area contributed by atoms with Crippen LogP contribution in [0.1, 0.15) is 11.8 Å². The molecule has 0 bridgehead atoms. The van der Waals surface area contributed by atoms with Gasteiger partial charge in [-0.25, -0.2) is 8.42 Å². The fourth-order valence-electron chi connectivity index (χ4n) is 1.48. The monoisotopic (exact) mass is 361 g/mol. The Morgan fingerprint density at radius 1 is 1.32 bits per heavy atom. The lowest BCUT2D eigenvalue weighted by Gasteiger charge is -2.08. The molecule has 2 rings (SSSR count). The zero-order valence-corrected chi connectivity index (χ0v) is 13.3. The number of benzene rings is 1. The number of sulfonamides is 1. The van der Waals surface area contributed by atoms with Crippen molar-refractivity contribution in [3.05, 3.63) is 39.7 Å². The van der Waals surface area contributed by atoms with E-state index < -0.39 is 10.0 Å². The second-order valence-electron chi connectivity index (χ2n) is 3.84. The van der Waals surface area contributed by atoms with E-state index in [9.17, 15) is 13.5 Å². The number of hydrogen-bond donors (Lipinski definition) is 2. The molecule has 19 heavy (non-hydrogen) atoms. The average Bonchev–Trinajstić information content (AvgIpc) is 2.83. The molecule has 2 N–H and O–H groups in total. The van der Waals surface area contributed by atoms with Crippen LogP contribution in [0.2, 0.25) is 0 Å². The van der Waals surface area contributed by atoms with E-state index in [2.05, 4.69) is 20.7 Å². The molecule has 102 valence electrons. The van der Waals surface area contributed by atoms with Crippen LogP contribution in [-0.2, 0) is 16.4 Å². The molecule has 1 aromatic heterocycles. The van der Waals surface area contributed by atoms with Crippen molar-refractivity contribution >= 4 is 43.0 Å². The van der Waals surface area contributed by atoms with E-state index in [0.29, 0.717) is 4.47 Å². The molecule has 1 heterocycles. The number of aryl methyl sites for hydroxylation is 1. The van der Waals surface area contributed by atoms with Crippen molar-refractivity contribution in [2.75, 3.05) is 4.72 Å². The lowest BCUT2D eigenvalue weighted by molar-refractivity contribution is 0.477. The lowest BCUT2D eigenvalue weighted by Crippen LogP contribution is -2.11. The smallest absolute Gasteiger partial charge is 0.271 e. The molecular formula is C12H12BrNO3S2. The van der Waals surface area contributed by atoms with Crippen molar-refractivity contribution in [3.63, 3.8) is 0 Å². The van der Waals surface area contributed by atoms with Gasteiger partial charge in [0.25, 0.3) is 10.0 Å². The first kappa shape index (κ1) is 14.4. The Morgan fingerprint density at radius 2 is 2.05 bits per heavy atom. The molecule has 0 aliphatic rings. The summed E-state index contributed by atoms with van der Waals surface area (Å²) >= 11 is 4.46. The van der Waals surface area contributed by atoms with E-state index in [1.165, 1.54) is 23.5 Å². The Hall–Kier alpha value is -1.05. The van der Waals surface area contributed by atoms with Crippen molar-refractivity contribution in [2.24, 2.45) is 0 Å². The van der Waals surface area contributed by atoms with Crippen molar-refractivity contribution in [3.8, 4) is 5.75 Å². The highest BCUT2D eigenvalue weighted by molar-refractivity contribution is 9.10. The summed E-state index contributed by atoms with van der Waals surface area (Å²) in [6.07, 6.45) is 0.794. The highest BCUT2D eigenvalue weighted by Gasteiger charge is 2.18. The SMILES string of the molecule is CCc1ccc(S(=O)(=O)Nc2cc(Br)ccc2O)s1. The summed E-state index contributed by atoms with van der Waals surface area (Å²) < 4.78 is 27.6. The topological polar surface area (TPSA) is 66.4 Å². The van der Waals surface area contributed by atoms with Crippen LogP contribution in [0, 0.1) is 0 Å². The third-order valence-electron chi connectivity index (χ3n) is 2.45. The number of halogens is 1. The molecular weight excluding hydrogens is 350 g/mol. The standard InChI is InChI=1S/C12H12BrNO3S2/c1-2-9-4-6-12(18-9)19(16,17)14-10-7-8(13)3-5-11(10)15/h3-7,14-15H,2H2,1H3. The molecule has 7 heteroatoms. The molecule has 0 amide bonds. The predicted molar refractivity (Wildman–Crippen MR) is 80.3 cm³/mol. The minimum atomic E-state index is -3.65. The van der Waals surface area contributed by atoms with Crippen molar-refractivity contribution in [1.29, 1.82) is 0 Å². The molecule has 4 nitrogen and oxygen atoms in total. The summed E-state index contributed by atoms with van der Waals surface area (Å²) in [4.78, 5) is 0.999. The first-order valence-corrected chi connectivity index (χ1v) is 8.61. The van der Waals surface area contributed by atoms with E-state index in [4.69, 9.17) is 0 Å². The van der Waals surface area contributed by atoms with Gasteiger partial charge in [-0.1, -0.05) is 22.9 Å². The van der Waals surface area contributed by atoms with Crippen LogP contribution in [0.15, 0.2) is 39.0 Å². The van der Waals surface area contributed by atoms with Crippen LogP contribution in [0.4, 0.5) is 5.69 Å². The van der Waals surface area contributed by atoms with Crippen molar-refractivity contribution < 1.29 is 13.5 Å². The van der Waals surface area contributed by atoms with Gasteiger partial charge in [-0.2, -0.15) is 0 Å². The number of thiophene rings is 1. The Balaban J connectivity index is 2.33. The van der Waals surface area contributed by atoms with Crippen LogP contribution in [0.25, 0.3) is 0 Å². The highest BCUT2D eigenvalue weighted by atomic mass is 79.9. The maximum Gasteiger partial charge on any atom is 0.271 e. The minimum absolute atomic E-state index is 0.112. The average molecular weight is 362 g/mol. The third-order valence-corrected chi connectivity index (χ3v) is 6.03. The largest absolute Gasteiger partial charge is 0.506 e. The van der Waals surface area contributed by atoms with Crippen LogP contribution in [0.3, 0.4) is 0 Å². The van der Waals surface area contributed by atoms with Crippen LogP contribution < -0.4 is 4.72 Å². The predicted octanol–water partition coefficient (Wildman–Crippen LogP) is 3.58. The molecule has 0 aliphatic heterocycles. The summed E-state index contributed by atoms with van der Waals surface area (Å²) in [7, 11) is -3.65. The zero-order chi connectivity index (χ0) is 14.0. The minimum Gasteiger partial charge on any atom is -0.506 e. The van der Waals surface area contributed by atoms with E-state index in [0.717, 1.165) is 11.3 Å². The van der Waals surface area contributed by atoms with Crippen LogP contribution in [-0.4, -0.2) is 13.5 Å². The third kappa shape index (κ3) is 3.29. The quantitative estimate of drug-likeness (QED) is 0.817. The fraction of sp³-hybridized carbons (Fsp3) is 0.167. The Labute approximate surface area is 124 Å². The van der Waals surface area contributed by atoms with Gasteiger partial charge in [0.15, 0.2) is 0 Å². The van der Waals surface area contributed by atoms with E-state index >= 15 is 0 Å². The molecule has 1 aromatic carbocycles. The summed E-state index contributed by atoms with van der Waals surface area (Å²) in [5, 5.41) is 9.65. The zero-order valence-electron chi connectivity index (χ0n) is 10.1. The highest BCUT2D eigenvalue weighted by Crippen LogP contribution is 2.30. The van der Waals surface area contributed by atoms with Gasteiger partial charge in [0.05, 0.1) is 5.69 Å². The van der Waals surface area contributed by atoms with Crippen LogP contribution >= 0.6 is 27.3 Å². The molecule has 0 saturated carbocycles. The van der Waals surface area contributed by atoms with E-state index in [1.54, 1.807) is 18.2 Å². The molecule has 0 saturated heterocycles. The number of rotatable bonds is 4. The normalized spacial score (nSPS) is 11.5. The molecule has 0 unspecified atom stereocenters. The number of phenols is 1. The molecule has 0 aliphatic carbocycles. The Bertz CT molecular complexity index is 695. The Kier molecular flexibility index (Phi) is 4.17. The Morgan fingerprint density at radius 3 is 2.68 bits per heavy atom. The number of anilines is 1. The van der Waals surface area contributed by atoms with Gasteiger partial charge in [-0.15, -0.1) is 11.3 Å². The van der Waals surface area contributed by atoms with Gasteiger partial charge in [-0.3, -0.25) is 4.72 Å². The lowest BCUT2D eigenvalue weighted by atomic mass is 10.3. The van der Waals surface area contributed by atoms with Crippen LogP contribution in [0.5, 0.6) is 5.75 Å². The molecule has 0 fully saturated rings. The van der Waals surface area contributed by atoms with Gasteiger partial charge >= 0.3 is 0 Å². The number of nitrogens with one attached hydrogen (secondary N) is 1. The number of phenolic OH excluding ortho intramolecular Hbond substituents is 1. The fourth-order valence-corrected chi connectivity index (χ4v) is 4.20. The van der Waals surface area contributed by atoms with Gasteiger partial charge in [0.1, 0.15) is 9.96 Å². The first-order valence-electron chi connectivity index (χ1n) is 5.52. The van der Waals surface area contributed by atoms with Crippen molar-refractivity contribution in [2.45, 2.75) is 17.6 Å². The van der Waals surface area contributed by atoms with Gasteiger partial charge in [-0.05, 0) is 36.8 Å². The van der Waals surface area contributed by atoms with Gasteiger partial charge in [0, 0.05) is 9.35 Å². The summed E-state index contributed by atoms with van der Waals surface area (Å²) in [6, 6.07) is 7.93. The maximum absolute atomic E-state index is 12.2. The molecule has 2 aromatic rings. The molecule has 0 atom stereocenters. The molecule has 0 spiro atoms. The van der Waals surface area contributed by atoms with Crippen molar-refractivity contribution in [1.82, 2.24) is 0 Å². The second kappa shape index (κ2) is 5.52. The van der Waals surface area contributed by atoms with Gasteiger partial charge in [0.2, 0.25) is 0 Å². The van der Waals surface area contributed by atoms with E-state index in [1.807, 2.05) is 6.92 Å². The number of aromatic hydroxyl groups is 1. The summed E-state index contributed by atoms with van der Waals surface area (Å²) in [5.41, 5.74) is 0.154. The number of hydrogen-bond acceptors (Lipinski definition) is 4. The van der Waals surface area contributed by atoms with E-state index in [-0.39, 0.29) is 15.6 Å².